The van der Waals surface area contributed by atoms with Crippen LogP contribution in [0, 0.1) is 27.7 Å². The van der Waals surface area contributed by atoms with E-state index in [4.69, 9.17) is 5.73 Å². The number of aryl methyl sites for hydroxylation is 4. The maximum Gasteiger partial charge on any atom is 0.126 e. The topological polar surface area (TPSA) is 50.9 Å². The lowest BCUT2D eigenvalue weighted by Crippen LogP contribution is -2.05. The second kappa shape index (κ2) is 5.31. The highest BCUT2D eigenvalue weighted by Crippen LogP contribution is 2.18. The molecule has 0 aliphatic carbocycles. The van der Waals surface area contributed by atoms with Gasteiger partial charge in [0.2, 0.25) is 0 Å². The van der Waals surface area contributed by atoms with E-state index in [0.29, 0.717) is 0 Å². The largest absolute Gasteiger partial charge is 0.397 e. The molecule has 3 heteroatoms. The van der Waals surface area contributed by atoms with Crippen LogP contribution < -0.4 is 11.1 Å². The van der Waals surface area contributed by atoms with Crippen LogP contribution in [-0.2, 0) is 6.54 Å². The fraction of sp³-hybridized carbons (Fsp3) is 0.312. The van der Waals surface area contributed by atoms with Crippen molar-refractivity contribution < 1.29 is 0 Å². The van der Waals surface area contributed by atoms with Crippen molar-refractivity contribution in [3.8, 4) is 0 Å². The van der Waals surface area contributed by atoms with Crippen molar-refractivity contribution in [2.45, 2.75) is 34.2 Å². The molecular weight excluding hydrogens is 234 g/mol. The van der Waals surface area contributed by atoms with Gasteiger partial charge in [0.15, 0.2) is 0 Å². The summed E-state index contributed by atoms with van der Waals surface area (Å²) in [5, 5.41) is 3.35. The summed E-state index contributed by atoms with van der Waals surface area (Å²) in [6.45, 7) is 9.20. The molecule has 0 unspecified atom stereocenters. The molecule has 3 nitrogen and oxygen atoms in total. The first-order valence-corrected chi connectivity index (χ1v) is 6.50. The van der Waals surface area contributed by atoms with Gasteiger partial charge in [-0.05, 0) is 61.6 Å². The van der Waals surface area contributed by atoms with Gasteiger partial charge in [0.05, 0.1) is 11.9 Å². The minimum atomic E-state index is 0.730. The van der Waals surface area contributed by atoms with Gasteiger partial charge in [-0.25, -0.2) is 4.98 Å². The van der Waals surface area contributed by atoms with Crippen molar-refractivity contribution in [2.75, 3.05) is 11.1 Å². The maximum atomic E-state index is 5.77. The SMILES string of the molecule is Cc1cc(C)c(CNc2cc(C)c(N)cn2)cc1C. The summed E-state index contributed by atoms with van der Waals surface area (Å²) in [6.07, 6.45) is 1.70. The highest BCUT2D eigenvalue weighted by molar-refractivity contribution is 5.51. The molecule has 0 bridgehead atoms. The van der Waals surface area contributed by atoms with Crippen molar-refractivity contribution in [2.24, 2.45) is 0 Å². The molecule has 2 rings (SSSR count). The summed E-state index contributed by atoms with van der Waals surface area (Å²) in [5.74, 6) is 0.865. The Kier molecular flexibility index (Phi) is 3.74. The second-order valence-corrected chi connectivity index (χ2v) is 5.14. The number of hydrogen-bond acceptors (Lipinski definition) is 3. The lowest BCUT2D eigenvalue weighted by atomic mass is 10.0. The van der Waals surface area contributed by atoms with Gasteiger partial charge in [-0.3, -0.25) is 0 Å². The molecular formula is C16H21N3. The van der Waals surface area contributed by atoms with Crippen molar-refractivity contribution in [3.05, 3.63) is 52.2 Å². The van der Waals surface area contributed by atoms with Gasteiger partial charge in [-0.15, -0.1) is 0 Å². The molecule has 0 amide bonds. The molecule has 0 fully saturated rings. The summed E-state index contributed by atoms with van der Waals surface area (Å²) in [7, 11) is 0. The molecule has 0 aliphatic heterocycles. The highest BCUT2D eigenvalue weighted by atomic mass is 15.0. The smallest absolute Gasteiger partial charge is 0.126 e. The molecule has 0 spiro atoms. The van der Waals surface area contributed by atoms with Gasteiger partial charge in [0, 0.05) is 6.54 Å². The van der Waals surface area contributed by atoms with Crippen LogP contribution in [-0.4, -0.2) is 4.98 Å². The molecule has 0 saturated carbocycles. The van der Waals surface area contributed by atoms with Gasteiger partial charge < -0.3 is 11.1 Å². The number of benzene rings is 1. The fourth-order valence-corrected chi connectivity index (χ4v) is 2.06. The molecule has 0 radical (unpaired) electrons. The summed E-state index contributed by atoms with van der Waals surface area (Å²) >= 11 is 0. The van der Waals surface area contributed by atoms with Gasteiger partial charge in [0.1, 0.15) is 5.82 Å². The van der Waals surface area contributed by atoms with Gasteiger partial charge >= 0.3 is 0 Å². The number of nitrogen functional groups attached to an aromatic ring is 1. The van der Waals surface area contributed by atoms with E-state index in [-0.39, 0.29) is 0 Å². The Morgan fingerprint density at radius 1 is 0.947 bits per heavy atom. The van der Waals surface area contributed by atoms with E-state index in [1.165, 1.54) is 22.3 Å². The molecule has 1 aromatic heterocycles. The molecule has 2 aromatic rings. The number of nitrogens with zero attached hydrogens (tertiary/aromatic N) is 1. The Balaban J connectivity index is 2.14. The molecule has 0 saturated heterocycles. The van der Waals surface area contributed by atoms with E-state index in [1.807, 2.05) is 13.0 Å². The predicted molar refractivity (Wildman–Crippen MR) is 81.4 cm³/mol. The maximum absolute atomic E-state index is 5.77. The number of nitrogens with two attached hydrogens (primary N) is 1. The molecule has 1 heterocycles. The minimum Gasteiger partial charge on any atom is -0.397 e. The molecule has 0 atom stereocenters. The summed E-state index contributed by atoms with van der Waals surface area (Å²) in [4.78, 5) is 4.29. The van der Waals surface area contributed by atoms with E-state index in [2.05, 4.69) is 43.2 Å². The van der Waals surface area contributed by atoms with E-state index in [1.54, 1.807) is 6.20 Å². The number of pyridine rings is 1. The first kappa shape index (κ1) is 13.4. The van der Waals surface area contributed by atoms with E-state index in [9.17, 15) is 0 Å². The average molecular weight is 255 g/mol. The van der Waals surface area contributed by atoms with Gasteiger partial charge in [-0.2, -0.15) is 0 Å². The molecule has 3 N–H and O–H groups in total. The molecule has 1 aromatic carbocycles. The number of rotatable bonds is 3. The Labute approximate surface area is 114 Å². The average Bonchev–Trinajstić information content (AvgIpc) is 2.36. The minimum absolute atomic E-state index is 0.730. The van der Waals surface area contributed by atoms with Crippen LogP contribution in [0.3, 0.4) is 0 Å². The van der Waals surface area contributed by atoms with Crippen LogP contribution in [0.15, 0.2) is 24.4 Å². The summed E-state index contributed by atoms with van der Waals surface area (Å²) < 4.78 is 0. The van der Waals surface area contributed by atoms with E-state index < -0.39 is 0 Å². The number of hydrogen-bond donors (Lipinski definition) is 2. The third kappa shape index (κ3) is 3.05. The number of anilines is 2. The summed E-state index contributed by atoms with van der Waals surface area (Å²) in [5.41, 5.74) is 12.8. The van der Waals surface area contributed by atoms with Crippen LogP contribution in [0.1, 0.15) is 27.8 Å². The molecule has 100 valence electrons. The predicted octanol–water partition coefficient (Wildman–Crippen LogP) is 3.51. The van der Waals surface area contributed by atoms with Crippen LogP contribution in [0.5, 0.6) is 0 Å². The standard InChI is InChI=1S/C16H21N3/c1-10-5-12(3)14(6-11(10)2)8-18-16-7-13(4)15(17)9-19-16/h5-7,9H,8,17H2,1-4H3,(H,18,19). The summed E-state index contributed by atoms with van der Waals surface area (Å²) in [6, 6.07) is 6.45. The van der Waals surface area contributed by atoms with Gasteiger partial charge in [-0.1, -0.05) is 12.1 Å². The van der Waals surface area contributed by atoms with Crippen LogP contribution in [0.25, 0.3) is 0 Å². The first-order valence-electron chi connectivity index (χ1n) is 6.50. The quantitative estimate of drug-likeness (QED) is 0.882. The van der Waals surface area contributed by atoms with Crippen molar-refractivity contribution in [1.82, 2.24) is 4.98 Å². The Morgan fingerprint density at radius 3 is 2.32 bits per heavy atom. The van der Waals surface area contributed by atoms with Crippen molar-refractivity contribution >= 4 is 11.5 Å². The zero-order valence-electron chi connectivity index (χ0n) is 12.0. The lowest BCUT2D eigenvalue weighted by Gasteiger charge is -2.12. The van der Waals surface area contributed by atoms with Crippen LogP contribution >= 0.6 is 0 Å². The van der Waals surface area contributed by atoms with Crippen molar-refractivity contribution in [3.63, 3.8) is 0 Å². The zero-order valence-corrected chi connectivity index (χ0v) is 12.0. The van der Waals surface area contributed by atoms with Crippen molar-refractivity contribution in [1.29, 1.82) is 0 Å². The third-order valence-corrected chi connectivity index (χ3v) is 3.56. The highest BCUT2D eigenvalue weighted by Gasteiger charge is 2.03. The Hall–Kier alpha value is -2.03. The first-order chi connectivity index (χ1) is 8.97. The zero-order chi connectivity index (χ0) is 14.0. The fourth-order valence-electron chi connectivity index (χ4n) is 2.06. The monoisotopic (exact) mass is 255 g/mol. The lowest BCUT2D eigenvalue weighted by molar-refractivity contribution is 1.07. The van der Waals surface area contributed by atoms with E-state index >= 15 is 0 Å². The Bertz CT molecular complexity index is 603. The van der Waals surface area contributed by atoms with Crippen LogP contribution in [0.4, 0.5) is 11.5 Å². The van der Waals surface area contributed by atoms with Gasteiger partial charge in [0.25, 0.3) is 0 Å². The molecule has 0 aliphatic rings. The Morgan fingerprint density at radius 2 is 1.63 bits per heavy atom. The van der Waals surface area contributed by atoms with Crippen LogP contribution in [0.2, 0.25) is 0 Å². The number of nitrogens with one attached hydrogen (secondary N) is 1. The molecule has 19 heavy (non-hydrogen) atoms. The third-order valence-electron chi connectivity index (χ3n) is 3.56. The number of aromatic nitrogens is 1. The normalized spacial score (nSPS) is 10.5. The van der Waals surface area contributed by atoms with E-state index in [0.717, 1.165) is 23.6 Å². The second-order valence-electron chi connectivity index (χ2n) is 5.14.